The van der Waals surface area contributed by atoms with Gasteiger partial charge in [0.25, 0.3) is 0 Å². The van der Waals surface area contributed by atoms with E-state index >= 15 is 0 Å². The molecule has 0 aliphatic rings. The van der Waals surface area contributed by atoms with Crippen molar-refractivity contribution < 1.29 is 9.15 Å². The number of hydrogen-bond donors (Lipinski definition) is 1. The Kier molecular flexibility index (Phi) is 3.54. The molecule has 4 nitrogen and oxygen atoms in total. The number of benzene rings is 2. The number of ether oxygens (including phenoxy) is 1. The maximum atomic E-state index is 5.88. The van der Waals surface area contributed by atoms with Gasteiger partial charge in [-0.1, -0.05) is 27.5 Å². The highest BCUT2D eigenvalue weighted by atomic mass is 79.9. The summed E-state index contributed by atoms with van der Waals surface area (Å²) in [5.41, 5.74) is 7.69. The molecule has 6 heteroatoms. The minimum absolute atomic E-state index is 0.230. The molecule has 20 heavy (non-hydrogen) atoms. The Morgan fingerprint density at radius 2 is 2.00 bits per heavy atom. The fraction of sp³-hybridized carbons (Fsp3) is 0.0714. The van der Waals surface area contributed by atoms with Crippen molar-refractivity contribution in [3.63, 3.8) is 0 Å². The van der Waals surface area contributed by atoms with Gasteiger partial charge in [0.15, 0.2) is 12.2 Å². The molecule has 2 aromatic carbocycles. The van der Waals surface area contributed by atoms with Gasteiger partial charge in [0.2, 0.25) is 5.89 Å². The lowest BCUT2D eigenvalue weighted by Gasteiger charge is -2.02. The molecule has 0 fully saturated rings. The highest BCUT2D eigenvalue weighted by Crippen LogP contribution is 2.27. The minimum atomic E-state index is 0.230. The van der Waals surface area contributed by atoms with E-state index in [1.807, 2.05) is 6.07 Å². The molecule has 3 aromatic rings. The monoisotopic (exact) mass is 352 g/mol. The van der Waals surface area contributed by atoms with Crippen molar-refractivity contribution in [3.8, 4) is 5.75 Å². The van der Waals surface area contributed by atoms with E-state index in [2.05, 4.69) is 20.9 Å². The van der Waals surface area contributed by atoms with E-state index in [1.165, 1.54) is 0 Å². The summed E-state index contributed by atoms with van der Waals surface area (Å²) >= 11 is 9.18. The smallest absolute Gasteiger partial charge is 0.233 e. The maximum Gasteiger partial charge on any atom is 0.233 e. The zero-order valence-electron chi connectivity index (χ0n) is 10.3. The summed E-state index contributed by atoms with van der Waals surface area (Å²) in [5, 5.41) is 0.664. The van der Waals surface area contributed by atoms with E-state index in [4.69, 9.17) is 26.5 Å². The number of oxazole rings is 1. The van der Waals surface area contributed by atoms with Crippen LogP contribution in [0.4, 0.5) is 5.69 Å². The lowest BCUT2D eigenvalue weighted by Crippen LogP contribution is -1.94. The standard InChI is InChI=1S/C14H10BrClN2O2/c15-8-5-11(17)14-12(6-8)18-13(20-14)7-19-10-3-1-9(16)2-4-10/h1-6H,7,17H2. The third-order valence-corrected chi connectivity index (χ3v) is 3.41. The van der Waals surface area contributed by atoms with Crippen LogP contribution in [0, 0.1) is 0 Å². The van der Waals surface area contributed by atoms with E-state index < -0.39 is 0 Å². The average Bonchev–Trinajstić information content (AvgIpc) is 2.81. The third-order valence-electron chi connectivity index (χ3n) is 2.70. The molecule has 0 atom stereocenters. The van der Waals surface area contributed by atoms with E-state index in [0.29, 0.717) is 33.4 Å². The molecule has 2 N–H and O–H groups in total. The van der Waals surface area contributed by atoms with E-state index in [9.17, 15) is 0 Å². The topological polar surface area (TPSA) is 61.3 Å². The lowest BCUT2D eigenvalue weighted by molar-refractivity contribution is 0.267. The molecular formula is C14H10BrClN2O2. The number of nitrogens with two attached hydrogens (primary N) is 1. The molecule has 0 aliphatic heterocycles. The highest BCUT2D eigenvalue weighted by molar-refractivity contribution is 9.10. The number of rotatable bonds is 3. The molecule has 0 bridgehead atoms. The van der Waals surface area contributed by atoms with Crippen LogP contribution in [0.25, 0.3) is 11.1 Å². The largest absolute Gasteiger partial charge is 0.484 e. The summed E-state index contributed by atoms with van der Waals surface area (Å²) in [7, 11) is 0. The molecule has 0 aliphatic carbocycles. The molecule has 3 rings (SSSR count). The molecule has 0 radical (unpaired) electrons. The number of aromatic nitrogens is 1. The summed E-state index contributed by atoms with van der Waals surface area (Å²) < 4.78 is 12.0. The van der Waals surface area contributed by atoms with Crippen LogP contribution in [0.15, 0.2) is 45.3 Å². The number of fused-ring (bicyclic) bond motifs is 1. The summed E-state index contributed by atoms with van der Waals surface area (Å²) in [6.45, 7) is 0.230. The van der Waals surface area contributed by atoms with Crippen LogP contribution in [0.5, 0.6) is 5.75 Å². The van der Waals surface area contributed by atoms with Crippen LogP contribution in [-0.4, -0.2) is 4.98 Å². The van der Waals surface area contributed by atoms with Crippen LogP contribution < -0.4 is 10.5 Å². The normalized spacial score (nSPS) is 10.9. The van der Waals surface area contributed by atoms with Crippen LogP contribution >= 0.6 is 27.5 Å². The van der Waals surface area contributed by atoms with Crippen molar-refractivity contribution in [2.45, 2.75) is 6.61 Å². The van der Waals surface area contributed by atoms with Crippen molar-refractivity contribution in [1.82, 2.24) is 4.98 Å². The number of hydrogen-bond acceptors (Lipinski definition) is 4. The first-order chi connectivity index (χ1) is 9.61. The minimum Gasteiger partial charge on any atom is -0.484 e. The van der Waals surface area contributed by atoms with Gasteiger partial charge in [0.1, 0.15) is 11.3 Å². The highest BCUT2D eigenvalue weighted by Gasteiger charge is 2.10. The first-order valence-corrected chi connectivity index (χ1v) is 7.02. The summed E-state index contributed by atoms with van der Waals surface area (Å²) in [6, 6.07) is 10.7. The summed E-state index contributed by atoms with van der Waals surface area (Å²) in [6.07, 6.45) is 0. The fourth-order valence-corrected chi connectivity index (χ4v) is 2.40. The molecule has 0 spiro atoms. The van der Waals surface area contributed by atoms with Gasteiger partial charge in [-0.25, -0.2) is 4.98 Å². The Labute approximate surface area is 128 Å². The molecule has 1 heterocycles. The second kappa shape index (κ2) is 5.34. The lowest BCUT2D eigenvalue weighted by atomic mass is 10.3. The zero-order chi connectivity index (χ0) is 14.1. The van der Waals surface area contributed by atoms with E-state index in [0.717, 1.165) is 4.47 Å². The van der Waals surface area contributed by atoms with Crippen molar-refractivity contribution in [2.75, 3.05) is 5.73 Å². The van der Waals surface area contributed by atoms with Crippen molar-refractivity contribution in [3.05, 3.63) is 51.8 Å². The van der Waals surface area contributed by atoms with Crippen LogP contribution in [0.3, 0.4) is 0 Å². The van der Waals surface area contributed by atoms with Gasteiger partial charge in [0.05, 0.1) is 5.69 Å². The molecule has 0 saturated heterocycles. The van der Waals surface area contributed by atoms with Gasteiger partial charge in [-0.05, 0) is 36.4 Å². The molecule has 0 amide bonds. The zero-order valence-corrected chi connectivity index (χ0v) is 12.6. The molecule has 0 saturated carbocycles. The third kappa shape index (κ3) is 2.73. The van der Waals surface area contributed by atoms with Gasteiger partial charge < -0.3 is 14.9 Å². The van der Waals surface area contributed by atoms with Crippen LogP contribution in [0.1, 0.15) is 5.89 Å². The number of halogens is 2. The molecular weight excluding hydrogens is 344 g/mol. The number of nitrogens with zero attached hydrogens (tertiary/aromatic N) is 1. The van der Waals surface area contributed by atoms with Crippen molar-refractivity contribution in [2.24, 2.45) is 0 Å². The van der Waals surface area contributed by atoms with E-state index in [1.54, 1.807) is 30.3 Å². The predicted octanol–water partition coefficient (Wildman–Crippen LogP) is 4.40. The Hall–Kier alpha value is -1.72. The second-order valence-corrected chi connectivity index (χ2v) is 5.55. The summed E-state index contributed by atoms with van der Waals surface area (Å²) in [4.78, 5) is 4.34. The Morgan fingerprint density at radius 3 is 2.75 bits per heavy atom. The van der Waals surface area contributed by atoms with Gasteiger partial charge in [-0.2, -0.15) is 0 Å². The second-order valence-electron chi connectivity index (χ2n) is 4.19. The number of anilines is 1. The van der Waals surface area contributed by atoms with Gasteiger partial charge in [0, 0.05) is 9.50 Å². The maximum absolute atomic E-state index is 5.88. The Balaban J connectivity index is 1.81. The van der Waals surface area contributed by atoms with Gasteiger partial charge in [-0.15, -0.1) is 0 Å². The quantitative estimate of drug-likeness (QED) is 0.709. The van der Waals surface area contributed by atoms with Crippen LogP contribution in [-0.2, 0) is 6.61 Å². The first-order valence-electron chi connectivity index (χ1n) is 5.84. The first kappa shape index (κ1) is 13.3. The average molecular weight is 354 g/mol. The molecule has 102 valence electrons. The Morgan fingerprint density at radius 1 is 1.25 bits per heavy atom. The molecule has 1 aromatic heterocycles. The fourth-order valence-electron chi connectivity index (χ4n) is 1.81. The van der Waals surface area contributed by atoms with Crippen molar-refractivity contribution >= 4 is 44.3 Å². The molecule has 0 unspecified atom stereocenters. The predicted molar refractivity (Wildman–Crippen MR) is 81.9 cm³/mol. The summed E-state index contributed by atoms with van der Waals surface area (Å²) in [5.74, 6) is 1.17. The van der Waals surface area contributed by atoms with E-state index in [-0.39, 0.29) is 6.61 Å². The van der Waals surface area contributed by atoms with Gasteiger partial charge >= 0.3 is 0 Å². The SMILES string of the molecule is Nc1cc(Br)cc2nc(COc3ccc(Cl)cc3)oc12. The van der Waals surface area contributed by atoms with Crippen molar-refractivity contribution in [1.29, 1.82) is 0 Å². The number of nitrogen functional groups attached to an aromatic ring is 1. The Bertz CT molecular complexity index is 756. The van der Waals surface area contributed by atoms with Gasteiger partial charge in [-0.3, -0.25) is 0 Å². The van der Waals surface area contributed by atoms with Crippen LogP contribution in [0.2, 0.25) is 5.02 Å².